The van der Waals surface area contributed by atoms with Crippen LogP contribution in [0, 0.1) is 5.92 Å². The average molecular weight is 284 g/mol. The monoisotopic (exact) mass is 284 g/mol. The fourth-order valence-corrected chi connectivity index (χ4v) is 4.60. The molecule has 3 heteroatoms. The summed E-state index contributed by atoms with van der Waals surface area (Å²) in [5, 5.41) is 12.1. The van der Waals surface area contributed by atoms with E-state index in [0.29, 0.717) is 12.0 Å². The van der Waals surface area contributed by atoms with Crippen LogP contribution in [0.2, 0.25) is 0 Å². The van der Waals surface area contributed by atoms with Crippen LogP contribution in [0.5, 0.6) is 0 Å². The quantitative estimate of drug-likeness (QED) is 0.914. The van der Waals surface area contributed by atoms with Crippen LogP contribution in [-0.2, 0) is 6.42 Å². The summed E-state index contributed by atoms with van der Waals surface area (Å²) >= 11 is 0. The van der Waals surface area contributed by atoms with E-state index in [1.54, 1.807) is 0 Å². The summed E-state index contributed by atoms with van der Waals surface area (Å²) in [5.41, 5.74) is 4.10. The zero-order chi connectivity index (χ0) is 14.6. The third-order valence-electron chi connectivity index (χ3n) is 5.57. The van der Waals surface area contributed by atoms with Gasteiger partial charge >= 0.3 is 0 Å². The van der Waals surface area contributed by atoms with Crippen molar-refractivity contribution in [1.29, 1.82) is 0 Å². The van der Waals surface area contributed by atoms with Crippen LogP contribution in [-0.4, -0.2) is 27.7 Å². The Balaban J connectivity index is 2.02. The molecule has 4 rings (SSSR count). The molecule has 0 aliphatic carbocycles. The smallest absolute Gasteiger partial charge is 0.131 e. The number of benzene rings is 1. The zero-order valence-corrected chi connectivity index (χ0v) is 12.9. The van der Waals surface area contributed by atoms with Gasteiger partial charge in [-0.2, -0.15) is 0 Å². The summed E-state index contributed by atoms with van der Waals surface area (Å²) in [6.07, 6.45) is 2.76. The van der Waals surface area contributed by atoms with Crippen molar-refractivity contribution in [2.45, 2.75) is 45.4 Å². The Hall–Kier alpha value is -1.32. The van der Waals surface area contributed by atoms with Gasteiger partial charge in [0.2, 0.25) is 0 Å². The number of aliphatic hydroxyl groups excluding tert-OH is 1. The molecule has 2 aliphatic rings. The molecule has 2 aromatic rings. The molecule has 21 heavy (non-hydrogen) atoms. The molecule has 0 fully saturated rings. The number of hydrogen-bond donors (Lipinski definition) is 1. The summed E-state index contributed by atoms with van der Waals surface area (Å²) in [5.74, 6) is 0.566. The minimum absolute atomic E-state index is 0.364. The number of hydrogen-bond acceptors (Lipinski definition) is 2. The topological polar surface area (TPSA) is 28.4 Å². The van der Waals surface area contributed by atoms with Crippen molar-refractivity contribution in [2.75, 3.05) is 13.1 Å². The molecule has 3 atom stereocenters. The Morgan fingerprint density at radius 3 is 2.81 bits per heavy atom. The lowest BCUT2D eigenvalue weighted by atomic mass is 9.82. The molecule has 1 aromatic carbocycles. The SMILES string of the molecule is CCC1CC(O)n2c3c(c4ccccc42)CCN(CC)C31. The van der Waals surface area contributed by atoms with Gasteiger partial charge in [-0.15, -0.1) is 0 Å². The van der Waals surface area contributed by atoms with E-state index in [0.717, 1.165) is 32.4 Å². The van der Waals surface area contributed by atoms with Crippen LogP contribution < -0.4 is 0 Å². The van der Waals surface area contributed by atoms with Gasteiger partial charge in [-0.25, -0.2) is 0 Å². The predicted molar refractivity (Wildman–Crippen MR) is 85.3 cm³/mol. The van der Waals surface area contributed by atoms with Gasteiger partial charge in [0.1, 0.15) is 6.23 Å². The van der Waals surface area contributed by atoms with Gasteiger partial charge in [0.05, 0.1) is 11.6 Å². The molecule has 1 aromatic heterocycles. The first-order valence-corrected chi connectivity index (χ1v) is 8.30. The van der Waals surface area contributed by atoms with Gasteiger partial charge in [0.25, 0.3) is 0 Å². The number of nitrogens with zero attached hydrogens (tertiary/aromatic N) is 2. The predicted octanol–water partition coefficient (Wildman–Crippen LogP) is 3.48. The van der Waals surface area contributed by atoms with Crippen molar-refractivity contribution in [3.63, 3.8) is 0 Å². The molecule has 0 amide bonds. The van der Waals surface area contributed by atoms with Gasteiger partial charge in [-0.1, -0.05) is 38.5 Å². The second-order valence-corrected chi connectivity index (χ2v) is 6.46. The van der Waals surface area contributed by atoms with E-state index >= 15 is 0 Å². The van der Waals surface area contributed by atoms with Gasteiger partial charge in [-0.3, -0.25) is 4.90 Å². The molecule has 2 aliphatic heterocycles. The molecule has 112 valence electrons. The molecule has 3 heterocycles. The molecule has 0 saturated heterocycles. The van der Waals surface area contributed by atoms with E-state index in [2.05, 4.69) is 47.6 Å². The first kappa shape index (κ1) is 13.4. The fraction of sp³-hybridized carbons (Fsp3) is 0.556. The highest BCUT2D eigenvalue weighted by molar-refractivity contribution is 5.86. The Morgan fingerprint density at radius 2 is 2.05 bits per heavy atom. The van der Waals surface area contributed by atoms with Crippen molar-refractivity contribution in [2.24, 2.45) is 5.92 Å². The van der Waals surface area contributed by atoms with Gasteiger partial charge in [0.15, 0.2) is 0 Å². The van der Waals surface area contributed by atoms with Gasteiger partial charge in [-0.05, 0) is 36.9 Å². The van der Waals surface area contributed by atoms with Crippen molar-refractivity contribution in [3.8, 4) is 0 Å². The van der Waals surface area contributed by atoms with E-state index in [1.165, 1.54) is 22.2 Å². The molecule has 0 saturated carbocycles. The largest absolute Gasteiger partial charge is 0.373 e. The van der Waals surface area contributed by atoms with Crippen LogP contribution >= 0.6 is 0 Å². The summed E-state index contributed by atoms with van der Waals surface area (Å²) in [7, 11) is 0. The number of para-hydroxylation sites is 1. The standard InChI is InChI=1S/C18H24N2O/c1-3-12-11-16(21)20-15-8-6-5-7-13(15)14-9-10-19(4-2)17(12)18(14)20/h5-8,12,16-17,21H,3-4,9-11H2,1-2H3. The third-order valence-corrected chi connectivity index (χ3v) is 5.57. The molecule has 0 bridgehead atoms. The number of likely N-dealkylation sites (N-methyl/N-ethyl adjacent to an activating group) is 1. The Morgan fingerprint density at radius 1 is 1.24 bits per heavy atom. The van der Waals surface area contributed by atoms with E-state index < -0.39 is 0 Å². The van der Waals surface area contributed by atoms with Crippen LogP contribution in [0.15, 0.2) is 24.3 Å². The molecule has 3 unspecified atom stereocenters. The molecule has 3 nitrogen and oxygen atoms in total. The summed E-state index contributed by atoms with van der Waals surface area (Å²) in [6, 6.07) is 9.08. The summed E-state index contributed by atoms with van der Waals surface area (Å²) in [4.78, 5) is 2.61. The minimum Gasteiger partial charge on any atom is -0.373 e. The maximum Gasteiger partial charge on any atom is 0.131 e. The normalized spacial score (nSPS) is 28.8. The first-order chi connectivity index (χ1) is 10.3. The van der Waals surface area contributed by atoms with Crippen molar-refractivity contribution < 1.29 is 5.11 Å². The minimum atomic E-state index is -0.364. The van der Waals surface area contributed by atoms with Crippen LogP contribution in [0.1, 0.15) is 50.2 Å². The lowest BCUT2D eigenvalue weighted by Gasteiger charge is -2.45. The van der Waals surface area contributed by atoms with Crippen molar-refractivity contribution in [3.05, 3.63) is 35.5 Å². The summed E-state index contributed by atoms with van der Waals surface area (Å²) < 4.78 is 2.23. The molecule has 0 spiro atoms. The Kier molecular flexibility index (Phi) is 3.09. The van der Waals surface area contributed by atoms with Gasteiger partial charge in [0, 0.05) is 17.6 Å². The highest BCUT2D eigenvalue weighted by atomic mass is 16.3. The van der Waals surface area contributed by atoms with E-state index in [1.807, 2.05) is 0 Å². The van der Waals surface area contributed by atoms with E-state index in [9.17, 15) is 5.11 Å². The maximum atomic E-state index is 10.7. The van der Waals surface area contributed by atoms with E-state index in [-0.39, 0.29) is 6.23 Å². The molecule has 1 N–H and O–H groups in total. The second kappa shape index (κ2) is 4.85. The van der Waals surface area contributed by atoms with Crippen LogP contribution in [0.25, 0.3) is 10.9 Å². The zero-order valence-electron chi connectivity index (χ0n) is 12.9. The lowest BCUT2D eigenvalue weighted by molar-refractivity contribution is 0.00707. The highest BCUT2D eigenvalue weighted by Crippen LogP contribution is 2.48. The number of aliphatic hydroxyl groups is 1. The van der Waals surface area contributed by atoms with Gasteiger partial charge < -0.3 is 9.67 Å². The fourth-order valence-electron chi connectivity index (χ4n) is 4.60. The van der Waals surface area contributed by atoms with Crippen LogP contribution in [0.4, 0.5) is 0 Å². The van der Waals surface area contributed by atoms with Crippen molar-refractivity contribution in [1.82, 2.24) is 9.47 Å². The lowest BCUT2D eigenvalue weighted by Crippen LogP contribution is -2.43. The number of aromatic nitrogens is 1. The second-order valence-electron chi connectivity index (χ2n) is 6.46. The Labute approximate surface area is 126 Å². The maximum absolute atomic E-state index is 10.7. The highest BCUT2D eigenvalue weighted by Gasteiger charge is 2.41. The van der Waals surface area contributed by atoms with E-state index in [4.69, 9.17) is 0 Å². The number of fused-ring (bicyclic) bond motifs is 3. The molecular formula is C18H24N2O. The molecular weight excluding hydrogens is 260 g/mol. The van der Waals surface area contributed by atoms with Crippen molar-refractivity contribution >= 4 is 10.9 Å². The Bertz CT molecular complexity index is 675. The number of rotatable bonds is 2. The average Bonchev–Trinajstić information content (AvgIpc) is 2.86. The first-order valence-electron chi connectivity index (χ1n) is 8.30. The molecule has 0 radical (unpaired) electrons. The van der Waals surface area contributed by atoms with Crippen LogP contribution in [0.3, 0.4) is 0 Å². The summed E-state index contributed by atoms with van der Waals surface area (Å²) in [6.45, 7) is 6.76. The third kappa shape index (κ3) is 1.74.